The van der Waals surface area contributed by atoms with Gasteiger partial charge in [-0.25, -0.2) is 4.98 Å². The number of nitrogens with zero attached hydrogens (tertiary/aromatic N) is 4. The number of hydrogen-bond donors (Lipinski definition) is 0. The molecule has 2 aliphatic heterocycles. The molecule has 62 valence electrons. The van der Waals surface area contributed by atoms with Crippen molar-refractivity contribution < 1.29 is 0 Å². The van der Waals surface area contributed by atoms with Crippen LogP contribution in [0.25, 0.3) is 0 Å². The lowest BCUT2D eigenvalue weighted by Gasteiger charge is -2.03. The fourth-order valence-electron chi connectivity index (χ4n) is 1.20. The van der Waals surface area contributed by atoms with Gasteiger partial charge in [-0.1, -0.05) is 0 Å². The molecule has 12 heavy (non-hydrogen) atoms. The molecule has 2 aliphatic rings. The molecule has 4 heteroatoms. The molecule has 0 saturated carbocycles. The molecule has 0 aromatic carbocycles. The molecule has 0 bridgehead atoms. The molecule has 2 fully saturated rings. The second kappa shape index (κ2) is 2.09. The summed E-state index contributed by atoms with van der Waals surface area (Å²) in [5.74, 6) is 1.96. The van der Waals surface area contributed by atoms with Gasteiger partial charge in [-0.15, -0.1) is 0 Å². The highest BCUT2D eigenvalue weighted by Crippen LogP contribution is 2.22. The first-order valence-electron chi connectivity index (χ1n) is 4.26. The largest absolute Gasteiger partial charge is 0.353 e. The minimum absolute atomic E-state index is 0.888. The van der Waals surface area contributed by atoms with Crippen molar-refractivity contribution in [2.24, 2.45) is 0 Å². The Morgan fingerprint density at radius 1 is 1.08 bits per heavy atom. The van der Waals surface area contributed by atoms with Gasteiger partial charge in [-0.05, 0) is 6.07 Å². The summed E-state index contributed by atoms with van der Waals surface area (Å²) in [6, 6.07) is 1.97. The second-order valence-corrected chi connectivity index (χ2v) is 3.19. The number of anilines is 2. The van der Waals surface area contributed by atoms with Crippen molar-refractivity contribution in [3.8, 4) is 0 Å². The van der Waals surface area contributed by atoms with Crippen LogP contribution in [0.3, 0.4) is 0 Å². The number of aromatic nitrogens is 2. The molecule has 0 amide bonds. The van der Waals surface area contributed by atoms with Crippen molar-refractivity contribution in [2.75, 3.05) is 36.0 Å². The summed E-state index contributed by atoms with van der Waals surface area (Å²) in [4.78, 5) is 13.0. The molecule has 0 N–H and O–H groups in total. The third kappa shape index (κ3) is 0.995. The molecule has 0 spiro atoms. The average molecular weight is 162 g/mol. The van der Waals surface area contributed by atoms with Gasteiger partial charge in [0, 0.05) is 32.4 Å². The lowest BCUT2D eigenvalue weighted by molar-refractivity contribution is 1.09. The molecular weight excluding hydrogens is 152 g/mol. The molecule has 0 aliphatic carbocycles. The van der Waals surface area contributed by atoms with Crippen molar-refractivity contribution in [3.63, 3.8) is 0 Å². The molecule has 3 heterocycles. The van der Waals surface area contributed by atoms with Gasteiger partial charge < -0.3 is 9.80 Å². The van der Waals surface area contributed by atoms with E-state index in [2.05, 4.69) is 19.8 Å². The molecular formula is C8H10N4. The van der Waals surface area contributed by atoms with E-state index in [1.807, 2.05) is 12.3 Å². The molecule has 3 rings (SSSR count). The molecule has 2 saturated heterocycles. The van der Waals surface area contributed by atoms with Crippen molar-refractivity contribution in [1.82, 2.24) is 9.97 Å². The maximum atomic E-state index is 4.44. The highest BCUT2D eigenvalue weighted by molar-refractivity contribution is 5.49. The normalized spacial score (nSPS) is 19.7. The molecule has 1 aromatic rings. The van der Waals surface area contributed by atoms with E-state index < -0.39 is 0 Å². The SMILES string of the molecule is c1cc(N2CC2)nc(N2CC2)n1. The van der Waals surface area contributed by atoms with Crippen LogP contribution in [0.15, 0.2) is 12.3 Å². The fourth-order valence-corrected chi connectivity index (χ4v) is 1.20. The monoisotopic (exact) mass is 162 g/mol. The summed E-state index contributed by atoms with van der Waals surface area (Å²) in [5, 5.41) is 0. The van der Waals surface area contributed by atoms with Gasteiger partial charge >= 0.3 is 0 Å². The van der Waals surface area contributed by atoms with E-state index in [1.165, 1.54) is 0 Å². The van der Waals surface area contributed by atoms with Crippen LogP contribution in [-0.2, 0) is 0 Å². The van der Waals surface area contributed by atoms with E-state index in [4.69, 9.17) is 0 Å². The van der Waals surface area contributed by atoms with Crippen molar-refractivity contribution in [3.05, 3.63) is 12.3 Å². The summed E-state index contributed by atoms with van der Waals surface area (Å²) < 4.78 is 0. The number of hydrogen-bond acceptors (Lipinski definition) is 4. The standard InChI is InChI=1S/C8H10N4/c1-2-9-8(12-5-6-12)10-7(1)11-3-4-11/h1-2H,3-6H2. The average Bonchev–Trinajstić information content (AvgIpc) is 2.98. The Labute approximate surface area is 70.8 Å². The summed E-state index contributed by atoms with van der Waals surface area (Å²) in [6.45, 7) is 4.53. The predicted molar refractivity (Wildman–Crippen MR) is 46.5 cm³/mol. The van der Waals surface area contributed by atoms with E-state index in [0.29, 0.717) is 0 Å². The first-order chi connectivity index (χ1) is 5.93. The third-order valence-corrected chi connectivity index (χ3v) is 2.13. The zero-order valence-electron chi connectivity index (χ0n) is 6.77. The second-order valence-electron chi connectivity index (χ2n) is 3.19. The van der Waals surface area contributed by atoms with Gasteiger partial charge in [0.05, 0.1) is 0 Å². The van der Waals surface area contributed by atoms with Gasteiger partial charge in [0.1, 0.15) is 5.82 Å². The van der Waals surface area contributed by atoms with Crippen LogP contribution in [0.2, 0.25) is 0 Å². The van der Waals surface area contributed by atoms with Crippen LogP contribution in [0.1, 0.15) is 0 Å². The number of rotatable bonds is 2. The maximum absolute atomic E-state index is 4.44. The van der Waals surface area contributed by atoms with Gasteiger partial charge in [-0.2, -0.15) is 4.98 Å². The van der Waals surface area contributed by atoms with Crippen molar-refractivity contribution in [2.45, 2.75) is 0 Å². The van der Waals surface area contributed by atoms with Crippen LogP contribution in [-0.4, -0.2) is 36.1 Å². The van der Waals surface area contributed by atoms with E-state index in [-0.39, 0.29) is 0 Å². The highest BCUT2D eigenvalue weighted by Gasteiger charge is 2.24. The first-order valence-corrected chi connectivity index (χ1v) is 4.26. The Hall–Kier alpha value is -1.32. The van der Waals surface area contributed by atoms with E-state index in [9.17, 15) is 0 Å². The van der Waals surface area contributed by atoms with E-state index in [1.54, 1.807) is 0 Å². The predicted octanol–water partition coefficient (Wildman–Crippen LogP) is 0.117. The molecule has 4 nitrogen and oxygen atoms in total. The Morgan fingerprint density at radius 3 is 2.50 bits per heavy atom. The zero-order chi connectivity index (χ0) is 7.97. The quantitative estimate of drug-likeness (QED) is 0.578. The Bertz CT molecular complexity index is 276. The smallest absolute Gasteiger partial charge is 0.227 e. The third-order valence-electron chi connectivity index (χ3n) is 2.13. The highest BCUT2D eigenvalue weighted by atomic mass is 15.4. The Morgan fingerprint density at radius 2 is 1.83 bits per heavy atom. The van der Waals surface area contributed by atoms with Crippen LogP contribution in [0.5, 0.6) is 0 Å². The van der Waals surface area contributed by atoms with Crippen LogP contribution >= 0.6 is 0 Å². The van der Waals surface area contributed by atoms with E-state index >= 15 is 0 Å². The van der Waals surface area contributed by atoms with Crippen molar-refractivity contribution >= 4 is 11.8 Å². The summed E-state index contributed by atoms with van der Waals surface area (Å²) in [6.07, 6.45) is 1.84. The van der Waals surface area contributed by atoms with Gasteiger partial charge in [-0.3, -0.25) is 0 Å². The lowest BCUT2D eigenvalue weighted by Crippen LogP contribution is -2.01. The first kappa shape index (κ1) is 6.22. The van der Waals surface area contributed by atoms with Crippen LogP contribution < -0.4 is 9.80 Å². The van der Waals surface area contributed by atoms with Gasteiger partial charge in [0.25, 0.3) is 0 Å². The van der Waals surface area contributed by atoms with Crippen LogP contribution in [0, 0.1) is 0 Å². The Balaban J connectivity index is 1.93. The molecule has 0 radical (unpaired) electrons. The molecule has 1 aromatic heterocycles. The Kier molecular flexibility index (Phi) is 1.08. The summed E-state index contributed by atoms with van der Waals surface area (Å²) in [5.41, 5.74) is 0. The summed E-state index contributed by atoms with van der Waals surface area (Å²) >= 11 is 0. The minimum atomic E-state index is 0.888. The maximum Gasteiger partial charge on any atom is 0.227 e. The minimum Gasteiger partial charge on any atom is -0.353 e. The summed E-state index contributed by atoms with van der Waals surface area (Å²) in [7, 11) is 0. The topological polar surface area (TPSA) is 31.8 Å². The van der Waals surface area contributed by atoms with Gasteiger partial charge in [0.15, 0.2) is 0 Å². The zero-order valence-corrected chi connectivity index (χ0v) is 6.77. The molecule has 0 atom stereocenters. The lowest BCUT2D eigenvalue weighted by atomic mass is 10.6. The van der Waals surface area contributed by atoms with Crippen LogP contribution in [0.4, 0.5) is 11.8 Å². The molecule has 0 unspecified atom stereocenters. The van der Waals surface area contributed by atoms with Gasteiger partial charge in [0.2, 0.25) is 5.95 Å². The fraction of sp³-hybridized carbons (Fsp3) is 0.500. The van der Waals surface area contributed by atoms with E-state index in [0.717, 1.165) is 37.9 Å². The van der Waals surface area contributed by atoms with Crippen molar-refractivity contribution in [1.29, 1.82) is 0 Å².